The number of aromatic nitrogens is 5. The molecule has 0 radical (unpaired) electrons. The first-order chi connectivity index (χ1) is 14.6. The molecule has 1 fully saturated rings. The number of anilines is 1. The van der Waals surface area contributed by atoms with Crippen LogP contribution in [-0.4, -0.2) is 31.1 Å². The van der Waals surface area contributed by atoms with E-state index in [1.807, 2.05) is 30.5 Å². The van der Waals surface area contributed by atoms with E-state index in [4.69, 9.17) is 11.6 Å². The fraction of sp³-hybridized carbons (Fsp3) is 0.381. The van der Waals surface area contributed by atoms with Gasteiger partial charge in [-0.3, -0.25) is 10.1 Å². The van der Waals surface area contributed by atoms with Crippen LogP contribution in [-0.2, 0) is 4.79 Å². The Bertz CT molecular complexity index is 1040. The number of tetrazole rings is 1. The van der Waals surface area contributed by atoms with E-state index >= 15 is 0 Å². The Labute approximate surface area is 184 Å². The molecular formula is C21H23ClN6OS. The maximum absolute atomic E-state index is 13.2. The van der Waals surface area contributed by atoms with E-state index in [1.54, 1.807) is 10.9 Å². The van der Waals surface area contributed by atoms with Gasteiger partial charge in [-0.1, -0.05) is 49.4 Å². The summed E-state index contributed by atoms with van der Waals surface area (Å²) in [5.74, 6) is 0.849. The summed E-state index contributed by atoms with van der Waals surface area (Å²) in [5.41, 5.74) is 2.07. The number of hydrogen-bond acceptors (Lipinski definition) is 6. The maximum Gasteiger partial charge on any atom is 0.257 e. The van der Waals surface area contributed by atoms with Crippen molar-refractivity contribution >= 4 is 39.5 Å². The molecule has 3 aromatic rings. The molecule has 1 aromatic carbocycles. The molecule has 1 saturated carbocycles. The van der Waals surface area contributed by atoms with Gasteiger partial charge in [0.2, 0.25) is 0 Å². The largest absolute Gasteiger partial charge is 0.298 e. The third kappa shape index (κ3) is 4.76. The summed E-state index contributed by atoms with van der Waals surface area (Å²) in [5, 5.41) is 17.4. The number of carbonyl (C=O) groups excluding carboxylic acids is 1. The average Bonchev–Trinajstić information content (AvgIpc) is 3.32. The highest BCUT2D eigenvalue weighted by Crippen LogP contribution is 2.31. The molecule has 2 heterocycles. The van der Waals surface area contributed by atoms with Crippen LogP contribution in [0.3, 0.4) is 0 Å². The Morgan fingerprint density at radius 1 is 1.27 bits per heavy atom. The second-order valence-electron chi connectivity index (χ2n) is 7.43. The Balaban J connectivity index is 1.68. The first kappa shape index (κ1) is 20.7. The summed E-state index contributed by atoms with van der Waals surface area (Å²) in [4.78, 5) is 17.3. The number of aryl methyl sites for hydroxylation is 1. The van der Waals surface area contributed by atoms with Gasteiger partial charge in [-0.05, 0) is 53.8 Å². The molecule has 0 aliphatic heterocycles. The molecule has 1 N–H and O–H groups in total. The van der Waals surface area contributed by atoms with Crippen LogP contribution in [0.1, 0.15) is 49.9 Å². The van der Waals surface area contributed by atoms with Crippen molar-refractivity contribution in [2.75, 3.05) is 5.32 Å². The number of nitrogens with zero attached hydrogens (tertiary/aromatic N) is 5. The zero-order chi connectivity index (χ0) is 20.9. The van der Waals surface area contributed by atoms with Gasteiger partial charge >= 0.3 is 0 Å². The van der Waals surface area contributed by atoms with Crippen molar-refractivity contribution in [2.45, 2.75) is 45.4 Å². The normalized spacial score (nSPS) is 15.7. The number of allylic oxidation sites excluding steroid dienone is 1. The molecule has 1 aliphatic rings. The van der Waals surface area contributed by atoms with Crippen molar-refractivity contribution in [3.63, 3.8) is 0 Å². The molecule has 0 atom stereocenters. The first-order valence-corrected chi connectivity index (χ1v) is 11.4. The van der Waals surface area contributed by atoms with Gasteiger partial charge in [0, 0.05) is 17.2 Å². The summed E-state index contributed by atoms with van der Waals surface area (Å²) in [6, 6.07) is 5.55. The van der Waals surface area contributed by atoms with E-state index in [-0.39, 0.29) is 5.91 Å². The third-order valence-corrected chi connectivity index (χ3v) is 6.30. The molecule has 1 aliphatic carbocycles. The molecule has 30 heavy (non-hydrogen) atoms. The molecule has 0 bridgehead atoms. The van der Waals surface area contributed by atoms with Gasteiger partial charge in [-0.15, -0.1) is 16.4 Å². The zero-order valence-corrected chi connectivity index (χ0v) is 18.3. The number of halogens is 1. The molecule has 4 rings (SSSR count). The van der Waals surface area contributed by atoms with Crippen molar-refractivity contribution in [2.24, 2.45) is 5.92 Å². The summed E-state index contributed by atoms with van der Waals surface area (Å²) in [6.45, 7) is 1.81. The van der Waals surface area contributed by atoms with E-state index in [0.717, 1.165) is 18.4 Å². The highest BCUT2D eigenvalue weighted by atomic mass is 35.5. The third-order valence-electron chi connectivity index (χ3n) is 5.31. The molecule has 7 nitrogen and oxygen atoms in total. The van der Waals surface area contributed by atoms with E-state index in [9.17, 15) is 4.79 Å². The predicted octanol–water partition coefficient (Wildman–Crippen LogP) is 5.07. The van der Waals surface area contributed by atoms with Crippen LogP contribution in [0.25, 0.3) is 11.3 Å². The number of thiazole rings is 1. The zero-order valence-electron chi connectivity index (χ0n) is 16.7. The SMILES string of the molecule is Cc1nnnn1-c1ccc(/C(=C\C2CCCCCC2)C(=O)Nc2nccs2)cc1Cl. The standard InChI is InChI=1S/C21H23ClN6OS/c1-14-25-26-27-28(14)19-9-8-16(13-18(19)22)17(12-15-6-4-2-3-5-7-15)20(29)24-21-23-10-11-30-21/h8-13,15H,2-7H2,1H3,(H,23,24,29)/b17-12+. The van der Waals surface area contributed by atoms with Crippen LogP contribution in [0.15, 0.2) is 35.9 Å². The van der Waals surface area contributed by atoms with E-state index in [1.165, 1.54) is 37.0 Å². The molecule has 156 valence electrons. The Morgan fingerprint density at radius 2 is 2.07 bits per heavy atom. The fourth-order valence-electron chi connectivity index (χ4n) is 3.77. The lowest BCUT2D eigenvalue weighted by atomic mass is 9.94. The number of amides is 1. The second-order valence-corrected chi connectivity index (χ2v) is 8.73. The van der Waals surface area contributed by atoms with Gasteiger partial charge in [0.1, 0.15) is 0 Å². The second kappa shape index (κ2) is 9.49. The Morgan fingerprint density at radius 3 is 2.70 bits per heavy atom. The van der Waals surface area contributed by atoms with Crippen molar-refractivity contribution in [1.29, 1.82) is 0 Å². The minimum absolute atomic E-state index is 0.170. The van der Waals surface area contributed by atoms with Crippen molar-refractivity contribution in [1.82, 2.24) is 25.2 Å². The monoisotopic (exact) mass is 442 g/mol. The van der Waals surface area contributed by atoms with Crippen LogP contribution in [0.4, 0.5) is 5.13 Å². The Kier molecular flexibility index (Phi) is 6.54. The maximum atomic E-state index is 13.2. The van der Waals surface area contributed by atoms with Crippen molar-refractivity contribution < 1.29 is 4.79 Å². The lowest BCUT2D eigenvalue weighted by molar-refractivity contribution is -0.111. The quantitative estimate of drug-likeness (QED) is 0.440. The van der Waals surface area contributed by atoms with Gasteiger partial charge < -0.3 is 0 Å². The highest BCUT2D eigenvalue weighted by Gasteiger charge is 2.19. The van der Waals surface area contributed by atoms with Crippen LogP contribution in [0.2, 0.25) is 5.02 Å². The summed E-state index contributed by atoms with van der Waals surface area (Å²) in [6.07, 6.45) is 10.9. The van der Waals surface area contributed by atoms with Gasteiger partial charge in [0.25, 0.3) is 5.91 Å². The minimum atomic E-state index is -0.170. The number of nitrogens with one attached hydrogen (secondary N) is 1. The highest BCUT2D eigenvalue weighted by molar-refractivity contribution is 7.13. The number of benzene rings is 1. The number of rotatable bonds is 5. The summed E-state index contributed by atoms with van der Waals surface area (Å²) in [7, 11) is 0. The van der Waals surface area contributed by atoms with Crippen LogP contribution in [0, 0.1) is 12.8 Å². The predicted molar refractivity (Wildman–Crippen MR) is 119 cm³/mol. The van der Waals surface area contributed by atoms with Crippen molar-refractivity contribution in [3.8, 4) is 5.69 Å². The molecule has 9 heteroatoms. The molecule has 1 amide bonds. The summed E-state index contributed by atoms with van der Waals surface area (Å²) < 4.78 is 1.58. The topological polar surface area (TPSA) is 85.6 Å². The van der Waals surface area contributed by atoms with Gasteiger partial charge in [-0.25, -0.2) is 4.98 Å². The van der Waals surface area contributed by atoms with Crippen LogP contribution in [0.5, 0.6) is 0 Å². The smallest absolute Gasteiger partial charge is 0.257 e. The first-order valence-electron chi connectivity index (χ1n) is 10.1. The summed E-state index contributed by atoms with van der Waals surface area (Å²) >= 11 is 7.96. The van der Waals surface area contributed by atoms with Gasteiger partial charge in [0.05, 0.1) is 10.7 Å². The van der Waals surface area contributed by atoms with Gasteiger partial charge in [0.15, 0.2) is 11.0 Å². The minimum Gasteiger partial charge on any atom is -0.298 e. The molecular weight excluding hydrogens is 420 g/mol. The lowest BCUT2D eigenvalue weighted by Gasteiger charge is -2.15. The average molecular weight is 443 g/mol. The number of hydrogen-bond donors (Lipinski definition) is 1. The van der Waals surface area contributed by atoms with Crippen LogP contribution >= 0.6 is 22.9 Å². The molecule has 0 unspecified atom stereocenters. The van der Waals surface area contributed by atoms with Crippen molar-refractivity contribution in [3.05, 3.63) is 52.3 Å². The Hall–Kier alpha value is -2.58. The molecule has 0 saturated heterocycles. The number of carbonyl (C=O) groups is 1. The van der Waals surface area contributed by atoms with E-state index < -0.39 is 0 Å². The van der Waals surface area contributed by atoms with E-state index in [0.29, 0.717) is 33.2 Å². The molecule has 0 spiro atoms. The molecule has 2 aromatic heterocycles. The van der Waals surface area contributed by atoms with Crippen LogP contribution < -0.4 is 5.32 Å². The lowest BCUT2D eigenvalue weighted by Crippen LogP contribution is -2.15. The fourth-order valence-corrected chi connectivity index (χ4v) is 4.55. The van der Waals surface area contributed by atoms with Gasteiger partial charge in [-0.2, -0.15) is 4.68 Å². The van der Waals surface area contributed by atoms with E-state index in [2.05, 4.69) is 31.9 Å².